The van der Waals surface area contributed by atoms with Crippen LogP contribution in [0.3, 0.4) is 0 Å². The Kier molecular flexibility index (Phi) is 7.18. The molecule has 0 aliphatic heterocycles. The van der Waals surface area contributed by atoms with Gasteiger partial charge in [0, 0.05) is 26.0 Å². The number of benzene rings is 1. The predicted molar refractivity (Wildman–Crippen MR) is 105 cm³/mol. The number of nitrogens with zero attached hydrogens (tertiary/aromatic N) is 3. The lowest BCUT2D eigenvalue weighted by Crippen LogP contribution is -2.41. The third-order valence-electron chi connectivity index (χ3n) is 4.03. The van der Waals surface area contributed by atoms with Crippen LogP contribution in [0, 0.1) is 0 Å². The van der Waals surface area contributed by atoms with E-state index in [1.807, 2.05) is 19.1 Å². The van der Waals surface area contributed by atoms with E-state index in [0.717, 1.165) is 16.1 Å². The number of carbonyl (C=O) groups is 1. The van der Waals surface area contributed by atoms with Crippen molar-refractivity contribution in [1.29, 1.82) is 0 Å². The average molecular weight is 391 g/mol. The minimum Gasteiger partial charge on any atom is -0.494 e. The lowest BCUT2D eigenvalue weighted by atomic mass is 10.2. The minimum absolute atomic E-state index is 0.250. The highest BCUT2D eigenvalue weighted by molar-refractivity contribution is 7.92. The molecule has 0 radical (unpaired) electrons. The lowest BCUT2D eigenvalue weighted by Gasteiger charge is -2.25. The molecule has 0 aliphatic carbocycles. The molecule has 0 bridgehead atoms. The number of aromatic nitrogens is 1. The number of hydrogen-bond acceptors (Lipinski definition) is 5. The highest BCUT2D eigenvalue weighted by Gasteiger charge is 2.22. The second kappa shape index (κ2) is 9.36. The van der Waals surface area contributed by atoms with Crippen molar-refractivity contribution in [3.05, 3.63) is 54.4 Å². The molecule has 0 N–H and O–H groups in total. The Balaban J connectivity index is 2.05. The van der Waals surface area contributed by atoms with Crippen molar-refractivity contribution in [2.24, 2.45) is 0 Å². The highest BCUT2D eigenvalue weighted by Crippen LogP contribution is 2.21. The van der Waals surface area contributed by atoms with Crippen LogP contribution in [0.4, 0.5) is 5.69 Å². The van der Waals surface area contributed by atoms with Gasteiger partial charge in [-0.05, 0) is 55.3 Å². The second-order valence-electron chi connectivity index (χ2n) is 6.12. The molecule has 1 heterocycles. The number of hydrogen-bond donors (Lipinski definition) is 0. The van der Waals surface area contributed by atoms with Gasteiger partial charge in [-0.25, -0.2) is 8.42 Å². The first kappa shape index (κ1) is 20.7. The van der Waals surface area contributed by atoms with Crippen molar-refractivity contribution in [2.45, 2.75) is 13.3 Å². The summed E-state index contributed by atoms with van der Waals surface area (Å²) in [5.41, 5.74) is 1.49. The van der Waals surface area contributed by atoms with Crippen LogP contribution in [0.2, 0.25) is 0 Å². The molecule has 1 amide bonds. The van der Waals surface area contributed by atoms with Gasteiger partial charge in [0.25, 0.3) is 0 Å². The van der Waals surface area contributed by atoms with Gasteiger partial charge in [0.15, 0.2) is 0 Å². The van der Waals surface area contributed by atoms with E-state index in [1.165, 1.54) is 4.90 Å². The van der Waals surface area contributed by atoms with Gasteiger partial charge in [-0.15, -0.1) is 0 Å². The molecule has 0 saturated heterocycles. The number of likely N-dealkylation sites (N-methyl/N-ethyl adjacent to an activating group) is 1. The molecular formula is C19H25N3O4S. The van der Waals surface area contributed by atoms with Gasteiger partial charge in [0.2, 0.25) is 15.9 Å². The Morgan fingerprint density at radius 2 is 1.74 bits per heavy atom. The molecule has 0 atom stereocenters. The van der Waals surface area contributed by atoms with E-state index in [0.29, 0.717) is 31.0 Å². The molecule has 27 heavy (non-hydrogen) atoms. The lowest BCUT2D eigenvalue weighted by molar-refractivity contribution is -0.128. The van der Waals surface area contributed by atoms with Crippen LogP contribution in [0.15, 0.2) is 48.8 Å². The van der Waals surface area contributed by atoms with Gasteiger partial charge in [-0.3, -0.25) is 14.1 Å². The number of rotatable bonds is 9. The van der Waals surface area contributed by atoms with Crippen molar-refractivity contribution < 1.29 is 17.9 Å². The molecule has 146 valence electrons. The molecule has 8 heteroatoms. The van der Waals surface area contributed by atoms with Crippen LogP contribution >= 0.6 is 0 Å². The Morgan fingerprint density at radius 1 is 1.11 bits per heavy atom. The van der Waals surface area contributed by atoms with E-state index in [2.05, 4.69) is 4.98 Å². The number of amides is 1. The number of carbonyl (C=O) groups excluding carboxylic acids is 1. The van der Waals surface area contributed by atoms with Gasteiger partial charge in [-0.2, -0.15) is 0 Å². The Labute approximate surface area is 160 Å². The summed E-state index contributed by atoms with van der Waals surface area (Å²) >= 11 is 0. The van der Waals surface area contributed by atoms with Crippen molar-refractivity contribution >= 4 is 21.6 Å². The van der Waals surface area contributed by atoms with Crippen LogP contribution < -0.4 is 9.04 Å². The molecule has 0 fully saturated rings. The summed E-state index contributed by atoms with van der Waals surface area (Å²) in [6.07, 6.45) is 5.17. The van der Waals surface area contributed by atoms with Gasteiger partial charge in [0.1, 0.15) is 12.3 Å². The summed E-state index contributed by atoms with van der Waals surface area (Å²) in [6.45, 7) is 2.64. The summed E-state index contributed by atoms with van der Waals surface area (Å²) in [4.78, 5) is 18.0. The maximum atomic E-state index is 12.5. The fourth-order valence-electron chi connectivity index (χ4n) is 2.49. The first-order valence-electron chi connectivity index (χ1n) is 8.64. The molecule has 0 spiro atoms. The van der Waals surface area contributed by atoms with Crippen molar-refractivity contribution in [2.75, 3.05) is 37.3 Å². The molecule has 0 aliphatic rings. The molecule has 0 unspecified atom stereocenters. The minimum atomic E-state index is -3.60. The van der Waals surface area contributed by atoms with E-state index in [4.69, 9.17) is 4.74 Å². The van der Waals surface area contributed by atoms with Gasteiger partial charge in [0.05, 0.1) is 18.6 Å². The van der Waals surface area contributed by atoms with Gasteiger partial charge >= 0.3 is 0 Å². The molecule has 1 aromatic carbocycles. The third kappa shape index (κ3) is 6.25. The van der Waals surface area contributed by atoms with Crippen LogP contribution in [-0.2, 0) is 21.2 Å². The summed E-state index contributed by atoms with van der Waals surface area (Å²) in [5.74, 6) is 0.374. The van der Waals surface area contributed by atoms with Gasteiger partial charge < -0.3 is 9.64 Å². The van der Waals surface area contributed by atoms with Crippen molar-refractivity contribution in [1.82, 2.24) is 9.88 Å². The topological polar surface area (TPSA) is 79.8 Å². The summed E-state index contributed by atoms with van der Waals surface area (Å²) in [6, 6.07) is 10.4. The largest absolute Gasteiger partial charge is 0.494 e. The van der Waals surface area contributed by atoms with E-state index in [-0.39, 0.29) is 12.5 Å². The molecule has 0 saturated carbocycles. The quantitative estimate of drug-likeness (QED) is 0.653. The van der Waals surface area contributed by atoms with E-state index < -0.39 is 10.0 Å². The molecule has 2 aromatic rings. The Hall–Kier alpha value is -2.61. The molecular weight excluding hydrogens is 366 g/mol. The number of sulfonamides is 1. The first-order chi connectivity index (χ1) is 12.8. The SMILES string of the molecule is CCOc1ccc(N(CC(=O)N(C)CCc2ccncc2)S(C)(=O)=O)cc1. The molecule has 1 aromatic heterocycles. The molecule has 2 rings (SSSR count). The normalized spacial score (nSPS) is 11.1. The number of pyridine rings is 1. The smallest absolute Gasteiger partial charge is 0.243 e. The molecule has 7 nitrogen and oxygen atoms in total. The standard InChI is InChI=1S/C19H25N3O4S/c1-4-26-18-7-5-17(6-8-18)22(27(3,24)25)15-19(23)21(2)14-11-16-9-12-20-13-10-16/h5-10,12-13H,4,11,14-15H2,1-3H3. The van der Waals surface area contributed by atoms with E-state index in [9.17, 15) is 13.2 Å². The van der Waals surface area contributed by atoms with Crippen LogP contribution in [-0.4, -0.2) is 57.2 Å². The third-order valence-corrected chi connectivity index (χ3v) is 5.17. The average Bonchev–Trinajstić information content (AvgIpc) is 2.65. The zero-order chi connectivity index (χ0) is 19.9. The fraction of sp³-hybridized carbons (Fsp3) is 0.368. The van der Waals surface area contributed by atoms with Crippen LogP contribution in [0.1, 0.15) is 12.5 Å². The fourth-order valence-corrected chi connectivity index (χ4v) is 3.34. The zero-order valence-electron chi connectivity index (χ0n) is 15.8. The van der Waals surface area contributed by atoms with Crippen LogP contribution in [0.25, 0.3) is 0 Å². The maximum Gasteiger partial charge on any atom is 0.243 e. The van der Waals surface area contributed by atoms with Gasteiger partial charge in [-0.1, -0.05) is 0 Å². The predicted octanol–water partition coefficient (Wildman–Crippen LogP) is 1.95. The monoisotopic (exact) mass is 391 g/mol. The second-order valence-corrected chi connectivity index (χ2v) is 8.02. The summed E-state index contributed by atoms with van der Waals surface area (Å²) < 4.78 is 30.9. The van der Waals surface area contributed by atoms with E-state index >= 15 is 0 Å². The summed E-state index contributed by atoms with van der Waals surface area (Å²) in [5, 5.41) is 0. The Morgan fingerprint density at radius 3 is 2.30 bits per heavy atom. The van der Waals surface area contributed by atoms with E-state index in [1.54, 1.807) is 43.7 Å². The van der Waals surface area contributed by atoms with Crippen LogP contribution in [0.5, 0.6) is 5.75 Å². The van der Waals surface area contributed by atoms with Crippen molar-refractivity contribution in [3.8, 4) is 5.75 Å². The maximum absolute atomic E-state index is 12.5. The number of anilines is 1. The highest BCUT2D eigenvalue weighted by atomic mass is 32.2. The summed E-state index contributed by atoms with van der Waals surface area (Å²) in [7, 11) is -1.93. The Bertz CT molecular complexity index is 839. The first-order valence-corrected chi connectivity index (χ1v) is 10.5. The number of ether oxygens (including phenoxy) is 1. The van der Waals surface area contributed by atoms with Crippen molar-refractivity contribution in [3.63, 3.8) is 0 Å². The zero-order valence-corrected chi connectivity index (χ0v) is 16.6.